The summed E-state index contributed by atoms with van der Waals surface area (Å²) < 4.78 is 14.9. The lowest BCUT2D eigenvalue weighted by atomic mass is 10.1. The quantitative estimate of drug-likeness (QED) is 0.718. The number of anilines is 1. The van der Waals surface area contributed by atoms with Gasteiger partial charge in [-0.15, -0.1) is 0 Å². The largest absolute Gasteiger partial charge is 0.379 e. The molecule has 1 heterocycles. The molecular formula is C17H14BrFN2. The molecule has 3 aromatic rings. The first-order valence-electron chi connectivity index (χ1n) is 6.67. The zero-order valence-corrected chi connectivity index (χ0v) is 13.1. The number of fused-ring (bicyclic) bond motifs is 1. The summed E-state index contributed by atoms with van der Waals surface area (Å²) in [4.78, 5) is 4.43. The molecule has 0 spiro atoms. The van der Waals surface area contributed by atoms with Crippen molar-refractivity contribution in [2.75, 3.05) is 5.32 Å². The fourth-order valence-electron chi connectivity index (χ4n) is 2.29. The maximum Gasteiger partial charge on any atom is 0.146 e. The first-order valence-corrected chi connectivity index (χ1v) is 7.46. The summed E-state index contributed by atoms with van der Waals surface area (Å²) in [5.74, 6) is -0.232. The molecule has 3 rings (SSSR count). The van der Waals surface area contributed by atoms with Gasteiger partial charge in [-0.3, -0.25) is 4.98 Å². The Morgan fingerprint density at radius 2 is 2.05 bits per heavy atom. The second kappa shape index (κ2) is 5.82. The highest BCUT2D eigenvalue weighted by molar-refractivity contribution is 9.10. The number of halogens is 2. The van der Waals surface area contributed by atoms with Crippen LogP contribution in [0.15, 0.2) is 53.1 Å². The van der Waals surface area contributed by atoms with Crippen molar-refractivity contribution >= 4 is 32.5 Å². The van der Waals surface area contributed by atoms with Gasteiger partial charge in [0.2, 0.25) is 0 Å². The molecule has 0 saturated carbocycles. The number of nitrogens with one attached hydrogen (secondary N) is 1. The van der Waals surface area contributed by atoms with Crippen molar-refractivity contribution in [2.24, 2.45) is 0 Å². The molecule has 21 heavy (non-hydrogen) atoms. The summed E-state index contributed by atoms with van der Waals surface area (Å²) >= 11 is 3.53. The van der Waals surface area contributed by atoms with Crippen molar-refractivity contribution in [2.45, 2.75) is 13.5 Å². The molecule has 0 fully saturated rings. The molecule has 2 aromatic carbocycles. The third-order valence-corrected chi connectivity index (χ3v) is 4.09. The molecule has 1 N–H and O–H groups in total. The van der Waals surface area contributed by atoms with Crippen LogP contribution in [-0.2, 0) is 6.54 Å². The maximum atomic E-state index is 13.8. The van der Waals surface area contributed by atoms with Gasteiger partial charge < -0.3 is 5.32 Å². The predicted molar refractivity (Wildman–Crippen MR) is 87.9 cm³/mol. The summed E-state index contributed by atoms with van der Waals surface area (Å²) in [5.41, 5.74) is 3.38. The van der Waals surface area contributed by atoms with Gasteiger partial charge >= 0.3 is 0 Å². The summed E-state index contributed by atoms with van der Waals surface area (Å²) in [6.45, 7) is 2.40. The highest BCUT2D eigenvalue weighted by Gasteiger charge is 2.07. The van der Waals surface area contributed by atoms with E-state index in [1.54, 1.807) is 12.3 Å². The lowest BCUT2D eigenvalue weighted by molar-refractivity contribution is 0.629. The standard InChI is InChI=1S/C17H14BrFN2/c1-11-4-7-16(15(19)9-11)21-10-12-5-6-14(18)13-3-2-8-20-17(12)13/h2-9,21H,10H2,1H3. The summed E-state index contributed by atoms with van der Waals surface area (Å²) in [6.07, 6.45) is 1.77. The zero-order valence-electron chi connectivity index (χ0n) is 11.5. The van der Waals surface area contributed by atoms with Gasteiger partial charge in [0.15, 0.2) is 0 Å². The van der Waals surface area contributed by atoms with Gasteiger partial charge in [-0.1, -0.05) is 34.1 Å². The lowest BCUT2D eigenvalue weighted by Crippen LogP contribution is -2.03. The Morgan fingerprint density at radius 3 is 2.86 bits per heavy atom. The molecule has 1 aromatic heterocycles. The summed E-state index contributed by atoms with van der Waals surface area (Å²) in [7, 11) is 0. The van der Waals surface area contributed by atoms with Crippen molar-refractivity contribution in [1.29, 1.82) is 0 Å². The van der Waals surface area contributed by atoms with Crippen molar-refractivity contribution < 1.29 is 4.39 Å². The second-order valence-corrected chi connectivity index (χ2v) is 5.80. The zero-order chi connectivity index (χ0) is 14.8. The fourth-order valence-corrected chi connectivity index (χ4v) is 2.75. The second-order valence-electron chi connectivity index (χ2n) is 4.94. The minimum Gasteiger partial charge on any atom is -0.379 e. The van der Waals surface area contributed by atoms with Crippen molar-refractivity contribution in [3.63, 3.8) is 0 Å². The summed E-state index contributed by atoms with van der Waals surface area (Å²) in [5, 5.41) is 4.19. The van der Waals surface area contributed by atoms with Gasteiger partial charge in [0.05, 0.1) is 11.2 Å². The average Bonchev–Trinajstić information content (AvgIpc) is 2.48. The van der Waals surface area contributed by atoms with Crippen LogP contribution < -0.4 is 5.32 Å². The number of pyridine rings is 1. The highest BCUT2D eigenvalue weighted by Crippen LogP contribution is 2.26. The molecule has 0 saturated heterocycles. The predicted octanol–water partition coefficient (Wildman–Crippen LogP) is 5.06. The van der Waals surface area contributed by atoms with E-state index in [9.17, 15) is 4.39 Å². The SMILES string of the molecule is Cc1ccc(NCc2ccc(Br)c3cccnc23)c(F)c1. The van der Waals surface area contributed by atoms with Crippen LogP contribution in [-0.4, -0.2) is 4.98 Å². The minimum absolute atomic E-state index is 0.232. The molecular weight excluding hydrogens is 331 g/mol. The van der Waals surface area contributed by atoms with Crippen LogP contribution >= 0.6 is 15.9 Å². The van der Waals surface area contributed by atoms with Crippen LogP contribution in [0.5, 0.6) is 0 Å². The van der Waals surface area contributed by atoms with Crippen molar-refractivity contribution in [1.82, 2.24) is 4.98 Å². The van der Waals surface area contributed by atoms with Gasteiger partial charge in [0.1, 0.15) is 5.82 Å². The van der Waals surface area contributed by atoms with E-state index in [4.69, 9.17) is 0 Å². The van der Waals surface area contributed by atoms with Crippen molar-refractivity contribution in [3.8, 4) is 0 Å². The molecule has 0 aliphatic heterocycles. The summed E-state index contributed by atoms with van der Waals surface area (Å²) in [6, 6.07) is 13.1. The third kappa shape index (κ3) is 2.90. The Balaban J connectivity index is 1.90. The molecule has 0 aliphatic carbocycles. The molecule has 0 atom stereocenters. The highest BCUT2D eigenvalue weighted by atomic mass is 79.9. The van der Waals surface area contributed by atoms with E-state index in [0.717, 1.165) is 26.5 Å². The van der Waals surface area contributed by atoms with Crippen LogP contribution in [0.4, 0.5) is 10.1 Å². The molecule has 0 bridgehead atoms. The Labute approximate surface area is 131 Å². The van der Waals surface area contributed by atoms with Crippen LogP contribution in [0.1, 0.15) is 11.1 Å². The van der Waals surface area contributed by atoms with E-state index in [1.807, 2.05) is 37.3 Å². The fraction of sp³-hybridized carbons (Fsp3) is 0.118. The molecule has 0 unspecified atom stereocenters. The maximum absolute atomic E-state index is 13.8. The lowest BCUT2D eigenvalue weighted by Gasteiger charge is -2.11. The Kier molecular flexibility index (Phi) is 3.88. The van der Waals surface area contributed by atoms with Crippen LogP contribution in [0.3, 0.4) is 0 Å². The van der Waals surface area contributed by atoms with E-state index in [0.29, 0.717) is 12.2 Å². The monoisotopic (exact) mass is 344 g/mol. The number of benzene rings is 2. The molecule has 106 valence electrons. The smallest absolute Gasteiger partial charge is 0.146 e. The average molecular weight is 345 g/mol. The van der Waals surface area contributed by atoms with E-state index >= 15 is 0 Å². The third-order valence-electron chi connectivity index (χ3n) is 3.39. The van der Waals surface area contributed by atoms with Crippen LogP contribution in [0.25, 0.3) is 10.9 Å². The van der Waals surface area contributed by atoms with Gasteiger partial charge in [-0.2, -0.15) is 0 Å². The Bertz CT molecular complexity index is 802. The van der Waals surface area contributed by atoms with Crippen molar-refractivity contribution in [3.05, 3.63) is 70.1 Å². The van der Waals surface area contributed by atoms with Gasteiger partial charge in [0, 0.05) is 22.6 Å². The van der Waals surface area contributed by atoms with E-state index in [-0.39, 0.29) is 5.82 Å². The first kappa shape index (κ1) is 14.0. The van der Waals surface area contributed by atoms with Gasteiger partial charge in [-0.05, 0) is 42.3 Å². The number of rotatable bonds is 3. The number of hydrogen-bond acceptors (Lipinski definition) is 2. The van der Waals surface area contributed by atoms with E-state index in [2.05, 4.69) is 26.2 Å². The van der Waals surface area contributed by atoms with E-state index < -0.39 is 0 Å². The van der Waals surface area contributed by atoms with Gasteiger partial charge in [0.25, 0.3) is 0 Å². The first-order chi connectivity index (χ1) is 10.1. The Morgan fingerprint density at radius 1 is 1.19 bits per heavy atom. The topological polar surface area (TPSA) is 24.9 Å². The minimum atomic E-state index is -0.232. The normalized spacial score (nSPS) is 10.8. The number of aryl methyl sites for hydroxylation is 1. The molecule has 4 heteroatoms. The molecule has 0 radical (unpaired) electrons. The molecule has 0 amide bonds. The molecule has 2 nitrogen and oxygen atoms in total. The van der Waals surface area contributed by atoms with E-state index in [1.165, 1.54) is 6.07 Å². The van der Waals surface area contributed by atoms with Crippen LogP contribution in [0.2, 0.25) is 0 Å². The van der Waals surface area contributed by atoms with Gasteiger partial charge in [-0.25, -0.2) is 4.39 Å². The van der Waals surface area contributed by atoms with Crippen LogP contribution in [0, 0.1) is 12.7 Å². The molecule has 0 aliphatic rings. The number of aromatic nitrogens is 1. The number of hydrogen-bond donors (Lipinski definition) is 1. The Hall–Kier alpha value is -1.94. The number of nitrogens with zero attached hydrogens (tertiary/aromatic N) is 1.